The van der Waals surface area contributed by atoms with Crippen LogP contribution in [0.15, 0.2) is 4.42 Å². The summed E-state index contributed by atoms with van der Waals surface area (Å²) in [5.74, 6) is 3.16. The van der Waals surface area contributed by atoms with E-state index in [1.54, 1.807) is 4.68 Å². The number of nitrogens with two attached hydrogens (primary N) is 1. The molecule has 19 heavy (non-hydrogen) atoms. The van der Waals surface area contributed by atoms with E-state index in [-0.39, 0.29) is 0 Å². The lowest BCUT2D eigenvalue weighted by molar-refractivity contribution is 0.503. The fourth-order valence-electron chi connectivity index (χ4n) is 2.53. The van der Waals surface area contributed by atoms with Gasteiger partial charge in [0.1, 0.15) is 23.0 Å². The summed E-state index contributed by atoms with van der Waals surface area (Å²) in [6, 6.07) is 0. The molecule has 2 rings (SSSR count). The van der Waals surface area contributed by atoms with Gasteiger partial charge >= 0.3 is 0 Å². The van der Waals surface area contributed by atoms with Crippen LogP contribution in [-0.4, -0.2) is 9.78 Å². The van der Waals surface area contributed by atoms with Crippen LogP contribution in [0.1, 0.15) is 36.5 Å². The topological polar surface area (TPSA) is 57.0 Å². The first-order valence-corrected chi connectivity index (χ1v) is 6.71. The third-order valence-corrected chi connectivity index (χ3v) is 3.60. The Morgan fingerprint density at radius 1 is 1.21 bits per heavy atom. The van der Waals surface area contributed by atoms with E-state index in [4.69, 9.17) is 10.2 Å². The molecule has 0 spiro atoms. The van der Waals surface area contributed by atoms with Crippen molar-refractivity contribution in [3.8, 4) is 11.3 Å². The maximum atomic E-state index is 6.17. The van der Waals surface area contributed by atoms with Gasteiger partial charge in [-0.2, -0.15) is 5.10 Å². The number of rotatable bonds is 3. The molecule has 0 unspecified atom stereocenters. The van der Waals surface area contributed by atoms with Gasteiger partial charge in [0.25, 0.3) is 0 Å². The van der Waals surface area contributed by atoms with E-state index in [0.29, 0.717) is 5.92 Å². The molecule has 0 amide bonds. The molecule has 0 saturated heterocycles. The molecule has 2 aromatic heterocycles. The van der Waals surface area contributed by atoms with Crippen LogP contribution in [0.5, 0.6) is 0 Å². The average molecular weight is 261 g/mol. The number of aryl methyl sites for hydroxylation is 3. The Balaban J connectivity index is 2.65. The van der Waals surface area contributed by atoms with E-state index in [1.165, 1.54) is 0 Å². The van der Waals surface area contributed by atoms with Crippen LogP contribution in [0.25, 0.3) is 11.3 Å². The number of hydrogen-bond acceptors (Lipinski definition) is 3. The Morgan fingerprint density at radius 3 is 2.32 bits per heavy atom. The predicted octanol–water partition coefficient (Wildman–Crippen LogP) is 3.39. The number of nitrogen functional groups attached to an aromatic ring is 1. The zero-order valence-corrected chi connectivity index (χ0v) is 12.7. The van der Waals surface area contributed by atoms with E-state index >= 15 is 0 Å². The molecule has 4 nitrogen and oxygen atoms in total. The third-order valence-electron chi connectivity index (χ3n) is 3.60. The Kier molecular flexibility index (Phi) is 3.43. The predicted molar refractivity (Wildman–Crippen MR) is 78.1 cm³/mol. The summed E-state index contributed by atoms with van der Waals surface area (Å²) >= 11 is 0. The largest absolute Gasteiger partial charge is 0.466 e. The highest BCUT2D eigenvalue weighted by Crippen LogP contribution is 2.35. The van der Waals surface area contributed by atoms with Gasteiger partial charge in [-0.05, 0) is 38.7 Å². The first-order chi connectivity index (χ1) is 8.82. The van der Waals surface area contributed by atoms with Gasteiger partial charge in [-0.25, -0.2) is 0 Å². The maximum Gasteiger partial charge on any atom is 0.125 e. The summed E-state index contributed by atoms with van der Waals surface area (Å²) in [5.41, 5.74) is 10.5. The van der Waals surface area contributed by atoms with Crippen molar-refractivity contribution in [2.24, 2.45) is 13.0 Å². The van der Waals surface area contributed by atoms with Gasteiger partial charge in [0.2, 0.25) is 0 Å². The highest BCUT2D eigenvalue weighted by atomic mass is 16.3. The third kappa shape index (κ3) is 2.27. The lowest BCUT2D eigenvalue weighted by Crippen LogP contribution is -2.02. The zero-order chi connectivity index (χ0) is 14.3. The van der Waals surface area contributed by atoms with Gasteiger partial charge in [0.15, 0.2) is 0 Å². The molecule has 0 aliphatic heterocycles. The molecule has 2 heterocycles. The second-order valence-corrected chi connectivity index (χ2v) is 5.65. The fourth-order valence-corrected chi connectivity index (χ4v) is 2.53. The lowest BCUT2D eigenvalue weighted by Gasteiger charge is -2.07. The molecule has 104 valence electrons. The van der Waals surface area contributed by atoms with E-state index in [9.17, 15) is 0 Å². The number of hydrogen-bond donors (Lipinski definition) is 1. The summed E-state index contributed by atoms with van der Waals surface area (Å²) in [7, 11) is 1.89. The molecular formula is C15H23N3O. The van der Waals surface area contributed by atoms with Gasteiger partial charge in [-0.1, -0.05) is 13.8 Å². The van der Waals surface area contributed by atoms with Crippen LogP contribution in [0.2, 0.25) is 0 Å². The number of aromatic nitrogens is 2. The molecule has 0 atom stereocenters. The van der Waals surface area contributed by atoms with Gasteiger partial charge < -0.3 is 10.2 Å². The average Bonchev–Trinajstić information content (AvgIpc) is 2.70. The van der Waals surface area contributed by atoms with Crippen LogP contribution in [0, 0.1) is 26.7 Å². The quantitative estimate of drug-likeness (QED) is 0.921. The van der Waals surface area contributed by atoms with Gasteiger partial charge in [0, 0.05) is 18.2 Å². The lowest BCUT2D eigenvalue weighted by atomic mass is 9.97. The second-order valence-electron chi connectivity index (χ2n) is 5.65. The highest BCUT2D eigenvalue weighted by molar-refractivity contribution is 5.73. The minimum atomic E-state index is 0.541. The van der Waals surface area contributed by atoms with Crippen molar-refractivity contribution < 1.29 is 4.42 Å². The van der Waals surface area contributed by atoms with Crippen molar-refractivity contribution in [3.63, 3.8) is 0 Å². The summed E-state index contributed by atoms with van der Waals surface area (Å²) < 4.78 is 7.48. The van der Waals surface area contributed by atoms with Gasteiger partial charge in [-0.3, -0.25) is 4.68 Å². The molecule has 0 aliphatic rings. The van der Waals surface area contributed by atoms with E-state index in [0.717, 1.165) is 46.1 Å². The molecule has 0 radical (unpaired) electrons. The molecule has 0 aromatic carbocycles. The second kappa shape index (κ2) is 4.76. The maximum absolute atomic E-state index is 6.17. The van der Waals surface area contributed by atoms with Crippen molar-refractivity contribution in [3.05, 3.63) is 22.6 Å². The number of anilines is 1. The van der Waals surface area contributed by atoms with E-state index in [2.05, 4.69) is 25.9 Å². The molecule has 2 aromatic rings. The normalized spacial score (nSPS) is 11.5. The van der Waals surface area contributed by atoms with Crippen molar-refractivity contribution >= 4 is 5.82 Å². The Hall–Kier alpha value is -1.71. The highest BCUT2D eigenvalue weighted by Gasteiger charge is 2.22. The van der Waals surface area contributed by atoms with Crippen LogP contribution < -0.4 is 5.73 Å². The van der Waals surface area contributed by atoms with Crippen LogP contribution in [0.4, 0.5) is 5.82 Å². The van der Waals surface area contributed by atoms with Gasteiger partial charge in [-0.15, -0.1) is 0 Å². The zero-order valence-electron chi connectivity index (χ0n) is 12.7. The molecule has 4 heteroatoms. The van der Waals surface area contributed by atoms with Gasteiger partial charge in [0.05, 0.1) is 0 Å². The Bertz CT molecular complexity index is 605. The molecule has 0 aliphatic carbocycles. The molecule has 0 bridgehead atoms. The smallest absolute Gasteiger partial charge is 0.125 e. The molecular weight excluding hydrogens is 238 g/mol. The van der Waals surface area contributed by atoms with Crippen LogP contribution >= 0.6 is 0 Å². The minimum absolute atomic E-state index is 0.541. The van der Waals surface area contributed by atoms with E-state index < -0.39 is 0 Å². The molecule has 0 saturated carbocycles. The van der Waals surface area contributed by atoms with Crippen molar-refractivity contribution in [1.29, 1.82) is 0 Å². The SMILES string of the molecule is Cc1oc(C)c(-c2nn(C)c(N)c2CC(C)C)c1C. The standard InChI is InChI=1S/C15H23N3O/c1-8(2)7-12-14(17-18(6)15(12)16)13-9(3)10(4)19-11(13)5/h8H,7,16H2,1-6H3. The van der Waals surface area contributed by atoms with Crippen molar-refractivity contribution in [2.75, 3.05) is 5.73 Å². The fraction of sp³-hybridized carbons (Fsp3) is 0.533. The molecule has 2 N–H and O–H groups in total. The van der Waals surface area contributed by atoms with Crippen LogP contribution in [0.3, 0.4) is 0 Å². The Morgan fingerprint density at radius 2 is 1.84 bits per heavy atom. The van der Waals surface area contributed by atoms with E-state index in [1.807, 2.05) is 20.9 Å². The summed E-state index contributed by atoms with van der Waals surface area (Å²) in [6.45, 7) is 10.4. The first-order valence-electron chi connectivity index (χ1n) is 6.71. The summed E-state index contributed by atoms with van der Waals surface area (Å²) in [4.78, 5) is 0. The monoisotopic (exact) mass is 261 g/mol. The number of nitrogens with zero attached hydrogens (tertiary/aromatic N) is 2. The van der Waals surface area contributed by atoms with Crippen molar-refractivity contribution in [2.45, 2.75) is 41.0 Å². The molecule has 0 fully saturated rings. The Labute approximate surface area is 114 Å². The summed E-state index contributed by atoms with van der Waals surface area (Å²) in [5, 5.41) is 4.60. The van der Waals surface area contributed by atoms with Crippen LogP contribution in [-0.2, 0) is 13.5 Å². The number of furan rings is 1. The van der Waals surface area contributed by atoms with Crippen molar-refractivity contribution in [1.82, 2.24) is 9.78 Å². The minimum Gasteiger partial charge on any atom is -0.466 e. The first kappa shape index (κ1) is 13.7. The summed E-state index contributed by atoms with van der Waals surface area (Å²) in [6.07, 6.45) is 0.929.